The lowest BCUT2D eigenvalue weighted by Crippen LogP contribution is -2.43. The van der Waals surface area contributed by atoms with Gasteiger partial charge in [-0.25, -0.2) is 13.6 Å². The van der Waals surface area contributed by atoms with Gasteiger partial charge >= 0.3 is 12.1 Å². The molecule has 1 amide bonds. The summed E-state index contributed by atoms with van der Waals surface area (Å²) in [5.41, 5.74) is -1.02. The van der Waals surface area contributed by atoms with Gasteiger partial charge in [0.1, 0.15) is 17.7 Å². The van der Waals surface area contributed by atoms with Crippen LogP contribution in [0.2, 0.25) is 0 Å². The summed E-state index contributed by atoms with van der Waals surface area (Å²) in [6, 6.07) is 5.14. The number of amides is 1. The Balaban J connectivity index is 2.09. The molecule has 27 heavy (non-hydrogen) atoms. The maximum atomic E-state index is 13.6. The quantitative estimate of drug-likeness (QED) is 0.748. The predicted molar refractivity (Wildman–Crippen MR) is 84.8 cm³/mol. The Labute approximate surface area is 150 Å². The fraction of sp³-hybridized carbons (Fsp3) is 0.222. The van der Waals surface area contributed by atoms with E-state index in [1.54, 1.807) is 0 Å². The van der Waals surface area contributed by atoms with Gasteiger partial charge in [-0.3, -0.25) is 4.79 Å². The van der Waals surface area contributed by atoms with Crippen LogP contribution in [0.15, 0.2) is 42.5 Å². The first-order valence-electron chi connectivity index (χ1n) is 7.68. The Bertz CT molecular complexity index is 851. The largest absolute Gasteiger partial charge is 0.480 e. The Kier molecular flexibility index (Phi) is 6.14. The molecule has 0 aliphatic carbocycles. The molecule has 0 aliphatic heterocycles. The van der Waals surface area contributed by atoms with Gasteiger partial charge in [0, 0.05) is 12.5 Å². The molecule has 2 rings (SSSR count). The number of carboxylic acids is 1. The lowest BCUT2D eigenvalue weighted by Gasteiger charge is -2.16. The van der Waals surface area contributed by atoms with E-state index in [4.69, 9.17) is 0 Å². The van der Waals surface area contributed by atoms with Crippen LogP contribution in [0.1, 0.15) is 16.7 Å². The Morgan fingerprint density at radius 1 is 1.07 bits per heavy atom. The van der Waals surface area contributed by atoms with E-state index in [9.17, 15) is 36.6 Å². The molecule has 0 heterocycles. The van der Waals surface area contributed by atoms with E-state index >= 15 is 0 Å². The molecule has 1 atom stereocenters. The van der Waals surface area contributed by atoms with Gasteiger partial charge in [-0.15, -0.1) is 0 Å². The van der Waals surface area contributed by atoms with Gasteiger partial charge in [0.25, 0.3) is 0 Å². The molecule has 144 valence electrons. The van der Waals surface area contributed by atoms with E-state index in [1.807, 2.05) is 0 Å². The van der Waals surface area contributed by atoms with Crippen molar-refractivity contribution in [3.63, 3.8) is 0 Å². The molecule has 0 aliphatic rings. The predicted octanol–water partition coefficient (Wildman–Crippen LogP) is 3.34. The van der Waals surface area contributed by atoms with E-state index in [1.165, 1.54) is 6.07 Å². The van der Waals surface area contributed by atoms with E-state index < -0.39 is 54.1 Å². The normalized spacial score (nSPS) is 12.5. The second-order valence-electron chi connectivity index (χ2n) is 5.77. The summed E-state index contributed by atoms with van der Waals surface area (Å²) in [5.74, 6) is -4.11. The number of hydrogen-bond donors (Lipinski definition) is 2. The van der Waals surface area contributed by atoms with Crippen LogP contribution in [0, 0.1) is 11.6 Å². The second kappa shape index (κ2) is 8.15. The molecule has 0 radical (unpaired) electrons. The number of alkyl halides is 3. The standard InChI is InChI=1S/C18H14F5NO3/c19-13-5-4-11(14(20)9-13)8-16(25)24-15(17(26)27)7-10-2-1-3-12(6-10)18(21,22)23/h1-6,9,15H,7-8H2,(H,24,25)(H,26,27)/t15-/m0/s1. The molecule has 9 heteroatoms. The van der Waals surface area contributed by atoms with Crippen molar-refractivity contribution in [1.82, 2.24) is 5.32 Å². The molecule has 2 aromatic rings. The molecule has 0 spiro atoms. The molecule has 2 aromatic carbocycles. The lowest BCUT2D eigenvalue weighted by atomic mass is 10.0. The average Bonchev–Trinajstić information content (AvgIpc) is 2.56. The number of benzene rings is 2. The first-order chi connectivity index (χ1) is 12.6. The van der Waals surface area contributed by atoms with Gasteiger partial charge in [0.2, 0.25) is 5.91 Å². The van der Waals surface area contributed by atoms with Crippen LogP contribution >= 0.6 is 0 Å². The fourth-order valence-corrected chi connectivity index (χ4v) is 2.39. The lowest BCUT2D eigenvalue weighted by molar-refractivity contribution is -0.141. The topological polar surface area (TPSA) is 66.4 Å². The van der Waals surface area contributed by atoms with Gasteiger partial charge in [-0.05, 0) is 23.3 Å². The van der Waals surface area contributed by atoms with Crippen LogP contribution in [0.4, 0.5) is 22.0 Å². The third-order valence-corrected chi connectivity index (χ3v) is 3.69. The summed E-state index contributed by atoms with van der Waals surface area (Å²) < 4.78 is 64.6. The van der Waals surface area contributed by atoms with Crippen molar-refractivity contribution >= 4 is 11.9 Å². The SMILES string of the molecule is O=C(Cc1ccc(F)cc1F)N[C@@H](Cc1cccc(C(F)(F)F)c1)C(=O)O. The number of nitrogens with one attached hydrogen (secondary N) is 1. The van der Waals surface area contributed by atoms with Crippen molar-refractivity contribution in [3.8, 4) is 0 Å². The highest BCUT2D eigenvalue weighted by Crippen LogP contribution is 2.29. The van der Waals surface area contributed by atoms with Gasteiger partial charge in [0.15, 0.2) is 0 Å². The van der Waals surface area contributed by atoms with Crippen molar-refractivity contribution in [2.75, 3.05) is 0 Å². The number of rotatable bonds is 6. The molecule has 0 fully saturated rings. The van der Waals surface area contributed by atoms with E-state index in [0.717, 1.165) is 30.3 Å². The summed E-state index contributed by atoms with van der Waals surface area (Å²) in [6.07, 6.45) is -5.52. The van der Waals surface area contributed by atoms with Crippen LogP contribution in [0.5, 0.6) is 0 Å². The first-order valence-corrected chi connectivity index (χ1v) is 7.68. The average molecular weight is 387 g/mol. The maximum Gasteiger partial charge on any atom is 0.416 e. The molecule has 0 bridgehead atoms. The van der Waals surface area contributed by atoms with Crippen LogP contribution < -0.4 is 5.32 Å². The Morgan fingerprint density at radius 2 is 1.78 bits per heavy atom. The van der Waals surface area contributed by atoms with Gasteiger partial charge in [0.05, 0.1) is 12.0 Å². The summed E-state index contributed by atoms with van der Waals surface area (Å²) >= 11 is 0. The third kappa shape index (κ3) is 5.77. The van der Waals surface area contributed by atoms with Gasteiger partial charge < -0.3 is 10.4 Å². The zero-order valence-corrected chi connectivity index (χ0v) is 13.7. The van der Waals surface area contributed by atoms with Crippen LogP contribution in [0.25, 0.3) is 0 Å². The van der Waals surface area contributed by atoms with E-state index in [2.05, 4.69) is 5.32 Å². The summed E-state index contributed by atoms with van der Waals surface area (Å²) in [5, 5.41) is 11.3. The summed E-state index contributed by atoms with van der Waals surface area (Å²) in [7, 11) is 0. The zero-order chi connectivity index (χ0) is 20.2. The molecule has 0 saturated heterocycles. The van der Waals surface area contributed by atoms with Gasteiger partial charge in [-0.1, -0.05) is 24.3 Å². The number of carbonyl (C=O) groups is 2. The molecular formula is C18H14F5NO3. The molecule has 4 nitrogen and oxygen atoms in total. The smallest absolute Gasteiger partial charge is 0.416 e. The van der Waals surface area contributed by atoms with Crippen LogP contribution in [-0.4, -0.2) is 23.0 Å². The van der Waals surface area contributed by atoms with Gasteiger partial charge in [-0.2, -0.15) is 13.2 Å². The molecule has 2 N–H and O–H groups in total. The molecule has 0 aromatic heterocycles. The maximum absolute atomic E-state index is 13.6. The highest BCUT2D eigenvalue weighted by molar-refractivity contribution is 5.85. The van der Waals surface area contributed by atoms with E-state index in [0.29, 0.717) is 6.07 Å². The summed E-state index contributed by atoms with van der Waals surface area (Å²) in [4.78, 5) is 23.3. The molecular weight excluding hydrogens is 373 g/mol. The first kappa shape index (κ1) is 20.3. The fourth-order valence-electron chi connectivity index (χ4n) is 2.39. The molecule has 0 unspecified atom stereocenters. The Morgan fingerprint density at radius 3 is 2.37 bits per heavy atom. The number of aliphatic carboxylic acids is 1. The monoisotopic (exact) mass is 387 g/mol. The second-order valence-corrected chi connectivity index (χ2v) is 5.77. The summed E-state index contributed by atoms with van der Waals surface area (Å²) in [6.45, 7) is 0. The highest BCUT2D eigenvalue weighted by atomic mass is 19.4. The van der Waals surface area contributed by atoms with Crippen molar-refractivity contribution in [3.05, 3.63) is 70.8 Å². The number of halogens is 5. The Hall–Kier alpha value is -2.97. The third-order valence-electron chi connectivity index (χ3n) is 3.69. The minimum atomic E-state index is -4.59. The molecule has 0 saturated carbocycles. The van der Waals surface area contributed by atoms with Crippen LogP contribution in [0.3, 0.4) is 0 Å². The van der Waals surface area contributed by atoms with Crippen molar-refractivity contribution in [2.45, 2.75) is 25.1 Å². The number of hydrogen-bond acceptors (Lipinski definition) is 2. The van der Waals surface area contributed by atoms with Crippen molar-refractivity contribution in [1.29, 1.82) is 0 Å². The van der Waals surface area contributed by atoms with Crippen LogP contribution in [-0.2, 0) is 28.6 Å². The van der Waals surface area contributed by atoms with Crippen molar-refractivity contribution in [2.24, 2.45) is 0 Å². The minimum Gasteiger partial charge on any atom is -0.480 e. The number of carbonyl (C=O) groups excluding carboxylic acids is 1. The van der Waals surface area contributed by atoms with Crippen molar-refractivity contribution < 1.29 is 36.6 Å². The zero-order valence-electron chi connectivity index (χ0n) is 13.7. The van der Waals surface area contributed by atoms with E-state index in [-0.39, 0.29) is 11.1 Å². The highest BCUT2D eigenvalue weighted by Gasteiger charge is 2.31. The number of carboxylic acid groups (broad SMARTS) is 1. The minimum absolute atomic E-state index is 0.0606.